The first-order valence-electron chi connectivity index (χ1n) is 13.1. The zero-order valence-corrected chi connectivity index (χ0v) is 24.2. The molecule has 1 N–H and O–H groups in total. The van der Waals surface area contributed by atoms with Crippen LogP contribution in [0.2, 0.25) is 0 Å². The lowest BCUT2D eigenvalue weighted by Gasteiger charge is -2.31. The number of halogens is 1. The molecule has 0 saturated carbocycles. The Morgan fingerprint density at radius 3 is 2.62 bits per heavy atom. The summed E-state index contributed by atoms with van der Waals surface area (Å²) >= 11 is 3.42. The van der Waals surface area contributed by atoms with Gasteiger partial charge in [0.05, 0.1) is 30.2 Å². The molecule has 2 aromatic carbocycles. The van der Waals surface area contributed by atoms with Crippen molar-refractivity contribution >= 4 is 37.5 Å². The zero-order chi connectivity index (χ0) is 27.4. The molecule has 0 bridgehead atoms. The van der Waals surface area contributed by atoms with Gasteiger partial charge in [-0.25, -0.2) is 8.42 Å². The molecule has 12 heteroatoms. The maximum absolute atomic E-state index is 13.3. The normalized spacial score (nSPS) is 19.1. The van der Waals surface area contributed by atoms with Gasteiger partial charge in [0, 0.05) is 29.7 Å². The van der Waals surface area contributed by atoms with Gasteiger partial charge in [-0.15, -0.1) is 0 Å². The van der Waals surface area contributed by atoms with Crippen LogP contribution in [0, 0.1) is 5.92 Å². The molecule has 1 aromatic heterocycles. The lowest BCUT2D eigenvalue weighted by atomic mass is 9.97. The van der Waals surface area contributed by atoms with Crippen LogP contribution in [0.3, 0.4) is 0 Å². The summed E-state index contributed by atoms with van der Waals surface area (Å²) in [5.41, 5.74) is 1.22. The number of aromatic nitrogens is 2. The van der Waals surface area contributed by atoms with Gasteiger partial charge in [0.2, 0.25) is 27.6 Å². The highest BCUT2D eigenvalue weighted by atomic mass is 79.9. The number of likely N-dealkylation sites (tertiary alicyclic amines) is 1. The van der Waals surface area contributed by atoms with Crippen molar-refractivity contribution in [1.82, 2.24) is 19.3 Å². The molecule has 2 aliphatic heterocycles. The van der Waals surface area contributed by atoms with Gasteiger partial charge in [-0.2, -0.15) is 9.29 Å². The highest BCUT2D eigenvalue weighted by Crippen LogP contribution is 2.31. The third kappa shape index (κ3) is 6.51. The Balaban J connectivity index is 1.25. The number of nitrogens with zero attached hydrogens (tertiary/aromatic N) is 4. The lowest BCUT2D eigenvalue weighted by molar-refractivity contribution is -0.121. The number of carbonyl (C=O) groups excluding carboxylic acids is 1. The van der Waals surface area contributed by atoms with Crippen LogP contribution >= 0.6 is 15.9 Å². The minimum Gasteiger partial charge on any atom is -0.495 e. The predicted molar refractivity (Wildman–Crippen MR) is 150 cm³/mol. The number of sulfonamides is 1. The molecule has 208 valence electrons. The van der Waals surface area contributed by atoms with Crippen LogP contribution in [0.5, 0.6) is 5.75 Å². The Labute approximate surface area is 236 Å². The SMILES string of the molecule is COc1ccc(S(=O)(=O)N2CCCCC2)cc1NC(=O)C1CCCN(Cc2nc(-c3ccc(Br)cc3)no2)C1. The van der Waals surface area contributed by atoms with E-state index in [2.05, 4.69) is 36.3 Å². The summed E-state index contributed by atoms with van der Waals surface area (Å²) in [4.78, 5) is 20.1. The van der Waals surface area contributed by atoms with E-state index < -0.39 is 10.0 Å². The maximum atomic E-state index is 13.3. The fourth-order valence-electron chi connectivity index (χ4n) is 5.07. The standard InChI is InChI=1S/C27H32BrN5O5S/c1-37-24-12-11-22(39(35,36)33-14-3-2-4-15-33)16-23(24)29-27(34)20-6-5-13-32(17-20)18-25-30-26(31-38-25)19-7-9-21(28)10-8-19/h7-12,16,20H,2-6,13-15,17-18H2,1H3,(H,29,34). The third-order valence-electron chi connectivity index (χ3n) is 7.19. The van der Waals surface area contributed by atoms with E-state index in [0.717, 1.165) is 48.7 Å². The van der Waals surface area contributed by atoms with E-state index in [4.69, 9.17) is 9.26 Å². The molecule has 1 atom stereocenters. The van der Waals surface area contributed by atoms with Crippen LogP contribution in [-0.2, 0) is 21.4 Å². The summed E-state index contributed by atoms with van der Waals surface area (Å²) in [6.07, 6.45) is 4.31. The highest BCUT2D eigenvalue weighted by Gasteiger charge is 2.30. The average Bonchev–Trinajstić information content (AvgIpc) is 3.42. The van der Waals surface area contributed by atoms with E-state index in [0.29, 0.717) is 49.3 Å². The van der Waals surface area contributed by atoms with E-state index in [1.807, 2.05) is 24.3 Å². The lowest BCUT2D eigenvalue weighted by Crippen LogP contribution is -2.40. The van der Waals surface area contributed by atoms with Gasteiger partial charge in [0.25, 0.3) is 0 Å². The van der Waals surface area contributed by atoms with Gasteiger partial charge in [-0.1, -0.05) is 27.5 Å². The second-order valence-electron chi connectivity index (χ2n) is 9.91. The molecular weight excluding hydrogens is 586 g/mol. The maximum Gasteiger partial charge on any atom is 0.243 e. The summed E-state index contributed by atoms with van der Waals surface area (Å²) in [6.45, 7) is 2.81. The van der Waals surface area contributed by atoms with E-state index in [1.165, 1.54) is 23.5 Å². The summed E-state index contributed by atoms with van der Waals surface area (Å²) in [5.74, 6) is 0.979. The van der Waals surface area contributed by atoms with Gasteiger partial charge in [0.1, 0.15) is 5.75 Å². The molecule has 3 heterocycles. The number of methoxy groups -OCH3 is 1. The number of anilines is 1. The van der Waals surface area contributed by atoms with Crippen molar-refractivity contribution in [3.63, 3.8) is 0 Å². The predicted octanol–water partition coefficient (Wildman–Crippen LogP) is 4.53. The van der Waals surface area contributed by atoms with Crippen molar-refractivity contribution in [1.29, 1.82) is 0 Å². The van der Waals surface area contributed by atoms with E-state index in [9.17, 15) is 13.2 Å². The fraction of sp³-hybridized carbons (Fsp3) is 0.444. The van der Waals surface area contributed by atoms with E-state index in [-0.39, 0.29) is 16.7 Å². The minimum atomic E-state index is -3.64. The molecule has 0 aliphatic carbocycles. The topological polar surface area (TPSA) is 118 Å². The largest absolute Gasteiger partial charge is 0.495 e. The number of nitrogens with one attached hydrogen (secondary N) is 1. The quantitative estimate of drug-likeness (QED) is 0.392. The summed E-state index contributed by atoms with van der Waals surface area (Å²) < 4.78 is 39.8. The number of piperidine rings is 2. The molecule has 10 nitrogen and oxygen atoms in total. The monoisotopic (exact) mass is 617 g/mol. The number of hydrogen-bond donors (Lipinski definition) is 1. The van der Waals surface area contributed by atoms with Crippen LogP contribution in [-0.4, -0.2) is 67.0 Å². The summed E-state index contributed by atoms with van der Waals surface area (Å²) in [6, 6.07) is 12.3. The number of carbonyl (C=O) groups is 1. The molecule has 0 radical (unpaired) electrons. The van der Waals surface area contributed by atoms with E-state index in [1.54, 1.807) is 6.07 Å². The molecule has 39 heavy (non-hydrogen) atoms. The second kappa shape index (κ2) is 12.2. The van der Waals surface area contributed by atoms with Crippen molar-refractivity contribution in [2.24, 2.45) is 5.92 Å². The molecule has 1 unspecified atom stereocenters. The number of ether oxygens (including phenoxy) is 1. The number of hydrogen-bond acceptors (Lipinski definition) is 8. The Morgan fingerprint density at radius 1 is 1.10 bits per heavy atom. The van der Waals surface area contributed by atoms with Crippen LogP contribution < -0.4 is 10.1 Å². The molecule has 3 aromatic rings. The number of amides is 1. The van der Waals surface area contributed by atoms with Gasteiger partial charge < -0.3 is 14.6 Å². The molecule has 0 spiro atoms. The molecule has 2 aliphatic rings. The summed E-state index contributed by atoms with van der Waals surface area (Å²) in [5, 5.41) is 7.03. The van der Waals surface area contributed by atoms with Gasteiger partial charge >= 0.3 is 0 Å². The average molecular weight is 619 g/mol. The van der Waals surface area contributed by atoms with Crippen molar-refractivity contribution in [2.75, 3.05) is 38.6 Å². The van der Waals surface area contributed by atoms with E-state index >= 15 is 0 Å². The third-order valence-corrected chi connectivity index (χ3v) is 9.61. The van der Waals surface area contributed by atoms with Crippen molar-refractivity contribution in [2.45, 2.75) is 43.5 Å². The smallest absolute Gasteiger partial charge is 0.243 e. The minimum absolute atomic E-state index is 0.156. The molecular formula is C27H32BrN5O5S. The Kier molecular flexibility index (Phi) is 8.65. The van der Waals surface area contributed by atoms with Gasteiger partial charge in [-0.05, 0) is 74.7 Å². The first-order chi connectivity index (χ1) is 18.8. The fourth-order valence-corrected chi connectivity index (χ4v) is 6.88. The zero-order valence-electron chi connectivity index (χ0n) is 21.8. The molecule has 1 amide bonds. The first kappa shape index (κ1) is 27.8. The van der Waals surface area contributed by atoms with Crippen molar-refractivity contribution in [3.05, 3.63) is 52.8 Å². The van der Waals surface area contributed by atoms with Crippen LogP contribution in [0.4, 0.5) is 5.69 Å². The Hall–Kier alpha value is -2.80. The van der Waals surface area contributed by atoms with Gasteiger partial charge in [-0.3, -0.25) is 9.69 Å². The van der Waals surface area contributed by atoms with Crippen molar-refractivity contribution in [3.8, 4) is 17.1 Å². The number of rotatable bonds is 8. The molecule has 2 saturated heterocycles. The van der Waals surface area contributed by atoms with Crippen molar-refractivity contribution < 1.29 is 22.5 Å². The van der Waals surface area contributed by atoms with Gasteiger partial charge in [0.15, 0.2) is 0 Å². The molecule has 5 rings (SSSR count). The highest BCUT2D eigenvalue weighted by molar-refractivity contribution is 9.10. The Morgan fingerprint density at radius 2 is 1.87 bits per heavy atom. The number of benzene rings is 2. The van der Waals surface area contributed by atoms with Crippen LogP contribution in [0.1, 0.15) is 38.0 Å². The van der Waals surface area contributed by atoms with Crippen LogP contribution in [0.25, 0.3) is 11.4 Å². The molecule has 2 fully saturated rings. The first-order valence-corrected chi connectivity index (χ1v) is 15.4. The van der Waals surface area contributed by atoms with Crippen LogP contribution in [0.15, 0.2) is 56.4 Å². The Bertz CT molecular complexity index is 1410. The summed E-state index contributed by atoms with van der Waals surface area (Å²) in [7, 11) is -2.14. The second-order valence-corrected chi connectivity index (χ2v) is 12.8.